The molecule has 0 aliphatic rings. The Morgan fingerprint density at radius 3 is 2.47 bits per heavy atom. The molecule has 1 aromatic rings. The van der Waals surface area contributed by atoms with E-state index in [0.29, 0.717) is 5.69 Å². The lowest BCUT2D eigenvalue weighted by atomic mass is 10.0. The molecule has 0 heterocycles. The fourth-order valence-corrected chi connectivity index (χ4v) is 1.62. The zero-order valence-electron chi connectivity index (χ0n) is 10.6. The molecular weight excluding hydrogens is 221 g/mol. The molecule has 0 bridgehead atoms. The molecule has 94 valence electrons. The highest BCUT2D eigenvalue weighted by Gasteiger charge is 2.22. The van der Waals surface area contributed by atoms with Crippen molar-refractivity contribution in [3.63, 3.8) is 0 Å². The van der Waals surface area contributed by atoms with E-state index in [2.05, 4.69) is 5.32 Å². The van der Waals surface area contributed by atoms with Crippen molar-refractivity contribution in [2.45, 2.75) is 26.8 Å². The van der Waals surface area contributed by atoms with Gasteiger partial charge in [-0.1, -0.05) is 13.8 Å². The van der Waals surface area contributed by atoms with E-state index in [1.165, 1.54) is 19.2 Å². The van der Waals surface area contributed by atoms with Gasteiger partial charge in [0.1, 0.15) is 11.9 Å². The minimum absolute atomic E-state index is 0.0611. The molecular formula is C13H18FNO2. The Balaban J connectivity index is 2.89. The summed E-state index contributed by atoms with van der Waals surface area (Å²) in [5.41, 5.74) is 1.39. The number of methoxy groups -OCH3 is 1. The predicted octanol–water partition coefficient (Wildman–Crippen LogP) is 2.74. The minimum Gasteiger partial charge on any atom is -0.467 e. The van der Waals surface area contributed by atoms with E-state index in [9.17, 15) is 9.18 Å². The topological polar surface area (TPSA) is 38.3 Å². The van der Waals surface area contributed by atoms with Crippen molar-refractivity contribution in [3.05, 3.63) is 29.6 Å². The zero-order chi connectivity index (χ0) is 13.0. The Bertz CT molecular complexity index is 384. The third-order valence-corrected chi connectivity index (χ3v) is 2.49. The van der Waals surface area contributed by atoms with E-state index in [-0.39, 0.29) is 17.7 Å². The summed E-state index contributed by atoms with van der Waals surface area (Å²) in [4.78, 5) is 11.5. The number of esters is 1. The monoisotopic (exact) mass is 239 g/mol. The summed E-state index contributed by atoms with van der Waals surface area (Å²) in [6.45, 7) is 5.61. The van der Waals surface area contributed by atoms with Crippen LogP contribution in [0.15, 0.2) is 18.2 Å². The fraction of sp³-hybridized carbons (Fsp3) is 0.462. The van der Waals surface area contributed by atoms with Crippen LogP contribution in [0.5, 0.6) is 0 Å². The average Bonchev–Trinajstić information content (AvgIpc) is 2.23. The first-order chi connectivity index (χ1) is 7.93. The molecule has 3 nitrogen and oxygen atoms in total. The van der Waals surface area contributed by atoms with E-state index in [1.54, 1.807) is 13.0 Å². The average molecular weight is 239 g/mol. The quantitative estimate of drug-likeness (QED) is 0.821. The predicted molar refractivity (Wildman–Crippen MR) is 65.4 cm³/mol. The number of hydrogen-bond acceptors (Lipinski definition) is 3. The molecule has 0 aliphatic heterocycles. The van der Waals surface area contributed by atoms with Crippen LogP contribution in [-0.4, -0.2) is 19.1 Å². The Morgan fingerprint density at radius 1 is 1.35 bits per heavy atom. The second-order valence-corrected chi connectivity index (χ2v) is 4.41. The van der Waals surface area contributed by atoms with Crippen LogP contribution in [0, 0.1) is 18.7 Å². The third kappa shape index (κ3) is 3.73. The van der Waals surface area contributed by atoms with Gasteiger partial charge in [0.05, 0.1) is 7.11 Å². The Labute approximate surface area is 101 Å². The second kappa shape index (κ2) is 5.66. The molecule has 0 saturated carbocycles. The number of carbonyl (C=O) groups excluding carboxylic acids is 1. The summed E-state index contributed by atoms with van der Waals surface area (Å²) in [6, 6.07) is 4.13. The molecule has 0 amide bonds. The van der Waals surface area contributed by atoms with Crippen molar-refractivity contribution in [1.29, 1.82) is 0 Å². The maximum Gasteiger partial charge on any atom is 0.328 e. The second-order valence-electron chi connectivity index (χ2n) is 4.41. The highest BCUT2D eigenvalue weighted by Crippen LogP contribution is 2.17. The summed E-state index contributed by atoms with van der Waals surface area (Å²) < 4.78 is 17.9. The smallest absolute Gasteiger partial charge is 0.328 e. The van der Waals surface area contributed by atoms with Gasteiger partial charge in [-0.2, -0.15) is 0 Å². The van der Waals surface area contributed by atoms with Crippen molar-refractivity contribution >= 4 is 11.7 Å². The molecule has 0 radical (unpaired) electrons. The Morgan fingerprint density at radius 2 is 2.00 bits per heavy atom. The first kappa shape index (κ1) is 13.5. The molecule has 0 fully saturated rings. The van der Waals surface area contributed by atoms with Crippen LogP contribution in [0.2, 0.25) is 0 Å². The molecule has 1 N–H and O–H groups in total. The van der Waals surface area contributed by atoms with Gasteiger partial charge >= 0.3 is 5.97 Å². The van der Waals surface area contributed by atoms with Gasteiger partial charge < -0.3 is 10.1 Å². The molecule has 1 rings (SSSR count). The highest BCUT2D eigenvalue weighted by atomic mass is 19.1. The van der Waals surface area contributed by atoms with Crippen molar-refractivity contribution in [3.8, 4) is 0 Å². The van der Waals surface area contributed by atoms with Crippen LogP contribution in [0.4, 0.5) is 10.1 Å². The van der Waals surface area contributed by atoms with Crippen LogP contribution in [0.3, 0.4) is 0 Å². The number of aryl methyl sites for hydroxylation is 1. The van der Waals surface area contributed by atoms with Gasteiger partial charge in [-0.3, -0.25) is 0 Å². The van der Waals surface area contributed by atoms with E-state index >= 15 is 0 Å². The molecule has 1 aromatic carbocycles. The maximum absolute atomic E-state index is 13.2. The SMILES string of the molecule is COC(=O)C(Nc1cc(C)cc(F)c1)C(C)C. The van der Waals surface area contributed by atoms with Crippen molar-refractivity contribution in [2.75, 3.05) is 12.4 Å². The zero-order valence-corrected chi connectivity index (χ0v) is 10.6. The van der Waals surface area contributed by atoms with Crippen LogP contribution in [0.1, 0.15) is 19.4 Å². The van der Waals surface area contributed by atoms with E-state index in [1.807, 2.05) is 13.8 Å². The number of rotatable bonds is 4. The van der Waals surface area contributed by atoms with Gasteiger partial charge in [-0.05, 0) is 36.6 Å². The number of anilines is 1. The molecule has 0 aliphatic carbocycles. The van der Waals surface area contributed by atoms with Gasteiger partial charge in [-0.25, -0.2) is 9.18 Å². The molecule has 0 saturated heterocycles. The van der Waals surface area contributed by atoms with Gasteiger partial charge in [0.25, 0.3) is 0 Å². The lowest BCUT2D eigenvalue weighted by Crippen LogP contribution is -2.35. The maximum atomic E-state index is 13.2. The van der Waals surface area contributed by atoms with Crippen LogP contribution in [-0.2, 0) is 9.53 Å². The normalized spacial score (nSPS) is 12.4. The van der Waals surface area contributed by atoms with E-state index in [4.69, 9.17) is 4.74 Å². The summed E-state index contributed by atoms with van der Waals surface area (Å²) in [5, 5.41) is 3.00. The minimum atomic E-state index is -0.471. The fourth-order valence-electron chi connectivity index (χ4n) is 1.62. The summed E-state index contributed by atoms with van der Waals surface area (Å²) in [5.74, 6) is -0.604. The van der Waals surface area contributed by atoms with Crippen molar-refractivity contribution < 1.29 is 13.9 Å². The van der Waals surface area contributed by atoms with Gasteiger partial charge in [0, 0.05) is 5.69 Å². The number of ether oxygens (including phenoxy) is 1. The van der Waals surface area contributed by atoms with Gasteiger partial charge in [-0.15, -0.1) is 0 Å². The van der Waals surface area contributed by atoms with Gasteiger partial charge in [0.2, 0.25) is 0 Å². The van der Waals surface area contributed by atoms with Crippen LogP contribution < -0.4 is 5.32 Å². The molecule has 1 unspecified atom stereocenters. The molecule has 0 aromatic heterocycles. The first-order valence-corrected chi connectivity index (χ1v) is 5.55. The van der Waals surface area contributed by atoms with Gasteiger partial charge in [0.15, 0.2) is 0 Å². The van der Waals surface area contributed by atoms with Crippen LogP contribution in [0.25, 0.3) is 0 Å². The highest BCUT2D eigenvalue weighted by molar-refractivity contribution is 5.79. The molecule has 4 heteroatoms. The Hall–Kier alpha value is -1.58. The number of hydrogen-bond donors (Lipinski definition) is 1. The van der Waals surface area contributed by atoms with E-state index < -0.39 is 6.04 Å². The van der Waals surface area contributed by atoms with E-state index in [0.717, 1.165) is 5.56 Å². The largest absolute Gasteiger partial charge is 0.467 e. The standard InChI is InChI=1S/C13H18FNO2/c1-8(2)12(13(16)17-4)15-11-6-9(3)5-10(14)7-11/h5-8,12,15H,1-4H3. The summed E-state index contributed by atoms with van der Waals surface area (Å²) in [7, 11) is 1.34. The van der Waals surface area contributed by atoms with Crippen LogP contribution >= 0.6 is 0 Å². The summed E-state index contributed by atoms with van der Waals surface area (Å²) >= 11 is 0. The Kier molecular flexibility index (Phi) is 4.49. The number of halogens is 1. The number of nitrogens with one attached hydrogen (secondary N) is 1. The van der Waals surface area contributed by atoms with Crippen molar-refractivity contribution in [2.24, 2.45) is 5.92 Å². The third-order valence-electron chi connectivity index (χ3n) is 2.49. The summed E-state index contributed by atoms with van der Waals surface area (Å²) in [6.07, 6.45) is 0. The first-order valence-electron chi connectivity index (χ1n) is 5.55. The number of carbonyl (C=O) groups is 1. The lowest BCUT2D eigenvalue weighted by molar-refractivity contribution is -0.142. The number of benzene rings is 1. The lowest BCUT2D eigenvalue weighted by Gasteiger charge is -2.21. The van der Waals surface area contributed by atoms with Crippen molar-refractivity contribution in [1.82, 2.24) is 0 Å². The molecule has 1 atom stereocenters. The molecule has 0 spiro atoms. The molecule has 17 heavy (non-hydrogen) atoms.